The number of hydrogen-bond acceptors (Lipinski definition) is 3. The predicted octanol–water partition coefficient (Wildman–Crippen LogP) is -0.0454. The van der Waals surface area contributed by atoms with E-state index in [1.807, 2.05) is 6.92 Å². The number of carbonyl (C=O) groups excluding carboxylic acids is 1. The maximum Gasteiger partial charge on any atom is 0.227 e. The van der Waals surface area contributed by atoms with Crippen molar-refractivity contribution < 1.29 is 9.90 Å². The molecule has 0 aromatic rings. The van der Waals surface area contributed by atoms with Crippen LogP contribution < -0.4 is 5.73 Å². The summed E-state index contributed by atoms with van der Waals surface area (Å²) in [7, 11) is 0. The van der Waals surface area contributed by atoms with Gasteiger partial charge in [-0.2, -0.15) is 0 Å². The summed E-state index contributed by atoms with van der Waals surface area (Å²) in [4.78, 5) is 13.7. The van der Waals surface area contributed by atoms with Gasteiger partial charge in [-0.05, 0) is 19.3 Å². The van der Waals surface area contributed by atoms with Crippen LogP contribution in [0.15, 0.2) is 0 Å². The number of hydrogen-bond donors (Lipinski definition) is 2. The summed E-state index contributed by atoms with van der Waals surface area (Å²) in [6.07, 6.45) is 2.70. The van der Waals surface area contributed by atoms with Gasteiger partial charge in [-0.25, -0.2) is 0 Å². The molecule has 1 aliphatic rings. The number of rotatable bonds is 4. The van der Waals surface area contributed by atoms with E-state index in [4.69, 9.17) is 10.8 Å². The van der Waals surface area contributed by atoms with Crippen molar-refractivity contribution in [1.29, 1.82) is 0 Å². The van der Waals surface area contributed by atoms with Crippen molar-refractivity contribution in [1.82, 2.24) is 4.90 Å². The minimum atomic E-state index is -0.0675. The molecule has 0 aromatic carbocycles. The predicted molar refractivity (Wildman–Crippen MR) is 54.7 cm³/mol. The second kappa shape index (κ2) is 5.32. The maximum absolute atomic E-state index is 11.9. The van der Waals surface area contributed by atoms with Crippen LogP contribution in [0.5, 0.6) is 0 Å². The number of aliphatic hydroxyl groups is 1. The lowest BCUT2D eigenvalue weighted by molar-refractivity contribution is -0.136. The van der Waals surface area contributed by atoms with E-state index in [1.54, 1.807) is 4.90 Å². The molecule has 1 rings (SSSR count). The van der Waals surface area contributed by atoms with E-state index in [0.29, 0.717) is 6.54 Å². The van der Waals surface area contributed by atoms with Crippen LogP contribution in [-0.4, -0.2) is 41.7 Å². The van der Waals surface area contributed by atoms with Crippen molar-refractivity contribution in [3.05, 3.63) is 0 Å². The van der Waals surface area contributed by atoms with Gasteiger partial charge in [0, 0.05) is 13.1 Å². The Morgan fingerprint density at radius 3 is 2.93 bits per heavy atom. The normalized spacial score (nSPS) is 23.9. The molecule has 1 saturated heterocycles. The topological polar surface area (TPSA) is 66.6 Å². The highest BCUT2D eigenvalue weighted by Crippen LogP contribution is 2.20. The number of likely N-dealkylation sites (tertiary alicyclic amines) is 1. The van der Waals surface area contributed by atoms with Crippen molar-refractivity contribution in [3.63, 3.8) is 0 Å². The zero-order valence-corrected chi connectivity index (χ0v) is 8.78. The number of nitrogens with two attached hydrogens (primary N) is 1. The summed E-state index contributed by atoms with van der Waals surface area (Å²) in [5, 5.41) is 9.09. The summed E-state index contributed by atoms with van der Waals surface area (Å²) in [6.45, 7) is 3.23. The Bertz CT molecular complexity index is 193. The molecule has 0 saturated carbocycles. The third-order valence-corrected chi connectivity index (χ3v) is 3.00. The minimum Gasteiger partial charge on any atom is -0.394 e. The zero-order valence-electron chi connectivity index (χ0n) is 8.78. The SMILES string of the molecule is CCC(CN)C(=O)N1CCCC1CO. The van der Waals surface area contributed by atoms with Gasteiger partial charge in [-0.3, -0.25) is 4.79 Å². The lowest BCUT2D eigenvalue weighted by Crippen LogP contribution is -2.43. The molecule has 82 valence electrons. The number of nitrogens with zero attached hydrogens (tertiary/aromatic N) is 1. The van der Waals surface area contributed by atoms with Crippen LogP contribution in [-0.2, 0) is 4.79 Å². The van der Waals surface area contributed by atoms with Gasteiger partial charge < -0.3 is 15.7 Å². The molecule has 0 bridgehead atoms. The van der Waals surface area contributed by atoms with Crippen LogP contribution >= 0.6 is 0 Å². The Balaban J connectivity index is 2.58. The van der Waals surface area contributed by atoms with Crippen molar-refractivity contribution >= 4 is 5.91 Å². The first kappa shape index (κ1) is 11.5. The fourth-order valence-corrected chi connectivity index (χ4v) is 1.99. The molecule has 1 fully saturated rings. The molecule has 2 atom stereocenters. The first-order valence-electron chi connectivity index (χ1n) is 5.36. The average molecular weight is 200 g/mol. The first-order valence-corrected chi connectivity index (χ1v) is 5.36. The lowest BCUT2D eigenvalue weighted by Gasteiger charge is -2.26. The van der Waals surface area contributed by atoms with E-state index in [-0.39, 0.29) is 24.5 Å². The number of carbonyl (C=O) groups is 1. The molecular weight excluding hydrogens is 180 g/mol. The molecule has 4 heteroatoms. The summed E-state index contributed by atoms with van der Waals surface area (Å²) < 4.78 is 0. The largest absolute Gasteiger partial charge is 0.394 e. The van der Waals surface area contributed by atoms with E-state index < -0.39 is 0 Å². The Labute approximate surface area is 85.1 Å². The highest BCUT2D eigenvalue weighted by molar-refractivity contribution is 5.79. The molecule has 14 heavy (non-hydrogen) atoms. The third-order valence-electron chi connectivity index (χ3n) is 3.00. The molecule has 0 aliphatic carbocycles. The smallest absolute Gasteiger partial charge is 0.227 e. The number of amides is 1. The van der Waals surface area contributed by atoms with Crippen LogP contribution in [0.1, 0.15) is 26.2 Å². The van der Waals surface area contributed by atoms with Gasteiger partial charge in [0.15, 0.2) is 0 Å². The average Bonchev–Trinajstić information content (AvgIpc) is 2.67. The van der Waals surface area contributed by atoms with Crippen LogP contribution in [0.25, 0.3) is 0 Å². The maximum atomic E-state index is 11.9. The quantitative estimate of drug-likeness (QED) is 0.669. The molecule has 3 N–H and O–H groups in total. The zero-order chi connectivity index (χ0) is 10.6. The fourth-order valence-electron chi connectivity index (χ4n) is 1.99. The van der Waals surface area contributed by atoms with Gasteiger partial charge in [0.2, 0.25) is 5.91 Å². The van der Waals surface area contributed by atoms with Gasteiger partial charge in [-0.15, -0.1) is 0 Å². The molecule has 4 nitrogen and oxygen atoms in total. The molecule has 1 heterocycles. The summed E-state index contributed by atoms with van der Waals surface area (Å²) >= 11 is 0. The Morgan fingerprint density at radius 2 is 2.43 bits per heavy atom. The van der Waals surface area contributed by atoms with Gasteiger partial charge in [-0.1, -0.05) is 6.92 Å². The molecule has 2 unspecified atom stereocenters. The molecule has 1 amide bonds. The highest BCUT2D eigenvalue weighted by Gasteiger charge is 2.31. The van der Waals surface area contributed by atoms with Gasteiger partial charge in [0.05, 0.1) is 18.6 Å². The van der Waals surface area contributed by atoms with Crippen molar-refractivity contribution in [3.8, 4) is 0 Å². The molecule has 0 spiro atoms. The van der Waals surface area contributed by atoms with E-state index in [0.717, 1.165) is 25.8 Å². The minimum absolute atomic E-state index is 0.0306. The molecular formula is C10H20N2O2. The molecule has 1 aliphatic heterocycles. The van der Waals surface area contributed by atoms with Crippen molar-refractivity contribution in [2.45, 2.75) is 32.2 Å². The van der Waals surface area contributed by atoms with Crippen LogP contribution in [0, 0.1) is 5.92 Å². The van der Waals surface area contributed by atoms with Crippen LogP contribution in [0.4, 0.5) is 0 Å². The van der Waals surface area contributed by atoms with Crippen molar-refractivity contribution in [2.24, 2.45) is 11.7 Å². The third kappa shape index (κ3) is 2.25. The van der Waals surface area contributed by atoms with Gasteiger partial charge in [0.1, 0.15) is 0 Å². The van der Waals surface area contributed by atoms with Crippen LogP contribution in [0.3, 0.4) is 0 Å². The van der Waals surface area contributed by atoms with Crippen molar-refractivity contribution in [2.75, 3.05) is 19.7 Å². The second-order valence-electron chi connectivity index (χ2n) is 3.85. The summed E-state index contributed by atoms with van der Waals surface area (Å²) in [6, 6.07) is 0.0306. The van der Waals surface area contributed by atoms with E-state index >= 15 is 0 Å². The van der Waals surface area contributed by atoms with E-state index in [1.165, 1.54) is 0 Å². The lowest BCUT2D eigenvalue weighted by atomic mass is 10.0. The monoisotopic (exact) mass is 200 g/mol. The number of aliphatic hydroxyl groups excluding tert-OH is 1. The molecule has 0 radical (unpaired) electrons. The second-order valence-corrected chi connectivity index (χ2v) is 3.85. The Morgan fingerprint density at radius 1 is 1.71 bits per heavy atom. The fraction of sp³-hybridized carbons (Fsp3) is 0.900. The van der Waals surface area contributed by atoms with Gasteiger partial charge >= 0.3 is 0 Å². The van der Waals surface area contributed by atoms with Crippen LogP contribution in [0.2, 0.25) is 0 Å². The van der Waals surface area contributed by atoms with E-state index in [2.05, 4.69) is 0 Å². The first-order chi connectivity index (χ1) is 6.74. The molecule has 0 aromatic heterocycles. The Hall–Kier alpha value is -0.610. The summed E-state index contributed by atoms with van der Waals surface area (Å²) in [5.41, 5.74) is 5.53. The Kier molecular flexibility index (Phi) is 4.35. The standard InChI is InChI=1S/C10H20N2O2/c1-2-8(6-11)10(14)12-5-3-4-9(12)7-13/h8-9,13H,2-7,11H2,1H3. The van der Waals surface area contributed by atoms with Gasteiger partial charge in [0.25, 0.3) is 0 Å². The van der Waals surface area contributed by atoms with E-state index in [9.17, 15) is 4.79 Å². The summed E-state index contributed by atoms with van der Waals surface area (Å²) in [5.74, 6) is 0.0497. The highest BCUT2D eigenvalue weighted by atomic mass is 16.3.